The van der Waals surface area contributed by atoms with Crippen molar-refractivity contribution in [2.45, 2.75) is 24.8 Å². The molecule has 0 saturated carbocycles. The van der Waals surface area contributed by atoms with Gasteiger partial charge in [0, 0.05) is 4.88 Å². The molecule has 3 aromatic rings. The van der Waals surface area contributed by atoms with Gasteiger partial charge in [-0.05, 0) is 54.1 Å². The van der Waals surface area contributed by atoms with Crippen LogP contribution < -0.4 is 4.72 Å². The van der Waals surface area contributed by atoms with Gasteiger partial charge in [0.15, 0.2) is 0 Å². The number of hydrogen-bond acceptors (Lipinski definition) is 3. The van der Waals surface area contributed by atoms with E-state index >= 15 is 0 Å². The van der Waals surface area contributed by atoms with Gasteiger partial charge in [-0.25, -0.2) is 8.42 Å². The molecule has 0 aliphatic carbocycles. The largest absolute Gasteiger partial charge is 0.241 e. The Kier molecular flexibility index (Phi) is 4.85. The molecule has 0 aliphatic rings. The summed E-state index contributed by atoms with van der Waals surface area (Å²) in [5.41, 5.74) is 2.96. The first-order valence-electron chi connectivity index (χ1n) is 7.65. The summed E-state index contributed by atoms with van der Waals surface area (Å²) in [5.74, 6) is 0. The second-order valence-corrected chi connectivity index (χ2v) is 8.42. The smallest absolute Gasteiger partial charge is 0.207 e. The average molecular weight is 358 g/mol. The third-order valence-corrected chi connectivity index (χ3v) is 6.38. The van der Waals surface area contributed by atoms with E-state index in [0.717, 1.165) is 21.6 Å². The first-order chi connectivity index (χ1) is 11.5. The normalized spacial score (nSPS) is 12.9. The van der Waals surface area contributed by atoms with Gasteiger partial charge in [-0.1, -0.05) is 42.5 Å². The van der Waals surface area contributed by atoms with Crippen LogP contribution in [0.3, 0.4) is 0 Å². The molecule has 0 fully saturated rings. The zero-order valence-corrected chi connectivity index (χ0v) is 15.2. The van der Waals surface area contributed by atoms with Crippen LogP contribution in [0.15, 0.2) is 70.9 Å². The molecule has 0 bridgehead atoms. The van der Waals surface area contributed by atoms with E-state index < -0.39 is 16.1 Å². The molecule has 5 heteroatoms. The topological polar surface area (TPSA) is 46.2 Å². The van der Waals surface area contributed by atoms with Crippen LogP contribution in [0, 0.1) is 13.8 Å². The summed E-state index contributed by atoms with van der Waals surface area (Å²) in [6, 6.07) is 18.3. The molecule has 1 aromatic heterocycles. The van der Waals surface area contributed by atoms with Crippen molar-refractivity contribution < 1.29 is 8.42 Å². The third-order valence-electron chi connectivity index (χ3n) is 4.02. The van der Waals surface area contributed by atoms with E-state index in [9.17, 15) is 8.42 Å². The van der Waals surface area contributed by atoms with E-state index in [1.165, 1.54) is 0 Å². The number of sulfonamides is 1. The Bertz CT molecular complexity index is 917. The van der Waals surface area contributed by atoms with Gasteiger partial charge in [0.2, 0.25) is 10.0 Å². The minimum atomic E-state index is -3.62. The maximum atomic E-state index is 12.9. The van der Waals surface area contributed by atoms with Crippen LogP contribution >= 0.6 is 11.3 Å². The van der Waals surface area contributed by atoms with Gasteiger partial charge < -0.3 is 0 Å². The van der Waals surface area contributed by atoms with Gasteiger partial charge in [0.05, 0.1) is 10.9 Å². The minimum absolute atomic E-state index is 0.295. The van der Waals surface area contributed by atoms with Crippen LogP contribution in [0.1, 0.15) is 27.6 Å². The van der Waals surface area contributed by atoms with Crippen LogP contribution in [-0.2, 0) is 10.0 Å². The zero-order chi connectivity index (χ0) is 17.2. The Morgan fingerprint density at radius 3 is 2.29 bits per heavy atom. The van der Waals surface area contributed by atoms with E-state index in [0.29, 0.717) is 4.90 Å². The number of thiophene rings is 1. The number of aryl methyl sites for hydroxylation is 2. The summed E-state index contributed by atoms with van der Waals surface area (Å²) in [5, 5.41) is 1.95. The minimum Gasteiger partial charge on any atom is -0.207 e. The van der Waals surface area contributed by atoms with Crippen molar-refractivity contribution in [2.75, 3.05) is 0 Å². The molecule has 124 valence electrons. The number of nitrogens with one attached hydrogen (secondary N) is 1. The van der Waals surface area contributed by atoms with Crippen molar-refractivity contribution in [3.05, 3.63) is 87.6 Å². The predicted molar refractivity (Wildman–Crippen MR) is 98.8 cm³/mol. The summed E-state index contributed by atoms with van der Waals surface area (Å²) < 4.78 is 28.6. The van der Waals surface area contributed by atoms with Gasteiger partial charge >= 0.3 is 0 Å². The second kappa shape index (κ2) is 6.89. The van der Waals surface area contributed by atoms with Gasteiger partial charge in [-0.15, -0.1) is 11.3 Å². The standard InChI is InChI=1S/C19H19NO2S2/c1-14-10-11-17(13-15(14)2)24(21,22)20-19(18-9-6-12-23-18)16-7-4-3-5-8-16/h3-13,19-20H,1-2H3/t19-/m1/s1. The fourth-order valence-electron chi connectivity index (χ4n) is 2.50. The molecule has 3 rings (SSSR count). The lowest BCUT2D eigenvalue weighted by Crippen LogP contribution is -2.29. The fourth-order valence-corrected chi connectivity index (χ4v) is 4.66. The highest BCUT2D eigenvalue weighted by atomic mass is 32.2. The molecule has 0 radical (unpaired) electrons. The van der Waals surface area contributed by atoms with Crippen LogP contribution in [0.25, 0.3) is 0 Å². The molecule has 1 heterocycles. The van der Waals surface area contributed by atoms with Crippen LogP contribution in [0.5, 0.6) is 0 Å². The average Bonchev–Trinajstić information content (AvgIpc) is 3.10. The predicted octanol–water partition coefficient (Wildman–Crippen LogP) is 4.43. The van der Waals surface area contributed by atoms with Crippen LogP contribution in [-0.4, -0.2) is 8.42 Å². The molecule has 1 N–H and O–H groups in total. The van der Waals surface area contributed by atoms with Crippen molar-refractivity contribution in [3.63, 3.8) is 0 Å². The summed E-state index contributed by atoms with van der Waals surface area (Å²) in [6.07, 6.45) is 0. The quantitative estimate of drug-likeness (QED) is 0.734. The maximum absolute atomic E-state index is 12.9. The molecule has 2 aromatic carbocycles. The van der Waals surface area contributed by atoms with E-state index in [4.69, 9.17) is 0 Å². The van der Waals surface area contributed by atoms with Gasteiger partial charge in [0.25, 0.3) is 0 Å². The first-order valence-corrected chi connectivity index (χ1v) is 10.0. The maximum Gasteiger partial charge on any atom is 0.241 e. The Morgan fingerprint density at radius 1 is 0.917 bits per heavy atom. The fraction of sp³-hybridized carbons (Fsp3) is 0.158. The van der Waals surface area contributed by atoms with E-state index in [2.05, 4.69) is 4.72 Å². The van der Waals surface area contributed by atoms with Crippen molar-refractivity contribution in [3.8, 4) is 0 Å². The third kappa shape index (κ3) is 3.59. The molecule has 0 saturated heterocycles. The SMILES string of the molecule is Cc1ccc(S(=O)(=O)N[C@H](c2ccccc2)c2cccs2)cc1C. The molecule has 0 amide bonds. The Balaban J connectivity index is 1.99. The highest BCUT2D eigenvalue weighted by molar-refractivity contribution is 7.89. The van der Waals surface area contributed by atoms with E-state index in [1.54, 1.807) is 23.5 Å². The molecule has 3 nitrogen and oxygen atoms in total. The number of rotatable bonds is 5. The highest BCUT2D eigenvalue weighted by Gasteiger charge is 2.23. The van der Waals surface area contributed by atoms with Crippen LogP contribution in [0.2, 0.25) is 0 Å². The number of hydrogen-bond donors (Lipinski definition) is 1. The van der Waals surface area contributed by atoms with Crippen molar-refractivity contribution in [1.82, 2.24) is 4.72 Å². The monoisotopic (exact) mass is 357 g/mol. The molecule has 0 spiro atoms. The molecule has 1 atom stereocenters. The van der Waals surface area contributed by atoms with Crippen LogP contribution in [0.4, 0.5) is 0 Å². The Labute approximate surface area is 147 Å². The lowest BCUT2D eigenvalue weighted by molar-refractivity contribution is 0.573. The van der Waals surface area contributed by atoms with Gasteiger partial charge in [0.1, 0.15) is 0 Å². The first kappa shape index (κ1) is 16.9. The molecule has 0 aliphatic heterocycles. The second-order valence-electron chi connectivity index (χ2n) is 5.73. The molecule has 0 unspecified atom stereocenters. The Morgan fingerprint density at radius 2 is 1.67 bits per heavy atom. The lowest BCUT2D eigenvalue weighted by atomic mass is 10.1. The summed E-state index contributed by atoms with van der Waals surface area (Å²) in [7, 11) is -3.62. The van der Waals surface area contributed by atoms with E-state index in [-0.39, 0.29) is 0 Å². The molecule has 24 heavy (non-hydrogen) atoms. The van der Waals surface area contributed by atoms with Gasteiger partial charge in [-0.3, -0.25) is 0 Å². The highest BCUT2D eigenvalue weighted by Crippen LogP contribution is 2.28. The van der Waals surface area contributed by atoms with E-state index in [1.807, 2.05) is 67.8 Å². The summed E-state index contributed by atoms with van der Waals surface area (Å²) >= 11 is 1.54. The van der Waals surface area contributed by atoms with Crippen molar-refractivity contribution >= 4 is 21.4 Å². The summed E-state index contributed by atoms with van der Waals surface area (Å²) in [6.45, 7) is 3.89. The lowest BCUT2D eigenvalue weighted by Gasteiger charge is -2.18. The zero-order valence-electron chi connectivity index (χ0n) is 13.6. The molecular weight excluding hydrogens is 338 g/mol. The number of benzene rings is 2. The van der Waals surface area contributed by atoms with Crippen molar-refractivity contribution in [2.24, 2.45) is 0 Å². The molecular formula is C19H19NO2S2. The Hall–Kier alpha value is -1.95. The van der Waals surface area contributed by atoms with Crippen molar-refractivity contribution in [1.29, 1.82) is 0 Å². The van der Waals surface area contributed by atoms with Gasteiger partial charge in [-0.2, -0.15) is 4.72 Å². The summed E-state index contributed by atoms with van der Waals surface area (Å²) in [4.78, 5) is 1.26.